The van der Waals surface area contributed by atoms with Crippen molar-refractivity contribution >= 4 is 5.91 Å². The third-order valence-corrected chi connectivity index (χ3v) is 4.31. The molecule has 0 heterocycles. The van der Waals surface area contributed by atoms with Crippen LogP contribution in [-0.2, 0) is 4.79 Å². The van der Waals surface area contributed by atoms with Gasteiger partial charge >= 0.3 is 0 Å². The zero-order chi connectivity index (χ0) is 11.1. The van der Waals surface area contributed by atoms with E-state index < -0.39 is 5.54 Å². The molecule has 2 rings (SSSR count). The maximum absolute atomic E-state index is 11.9. The Morgan fingerprint density at radius 2 is 2.20 bits per heavy atom. The van der Waals surface area contributed by atoms with E-state index in [9.17, 15) is 4.79 Å². The van der Waals surface area contributed by atoms with Crippen LogP contribution in [0.25, 0.3) is 0 Å². The monoisotopic (exact) mass is 210 g/mol. The van der Waals surface area contributed by atoms with Crippen LogP contribution in [-0.4, -0.2) is 17.5 Å². The van der Waals surface area contributed by atoms with Crippen molar-refractivity contribution in [2.75, 3.05) is 0 Å². The quantitative estimate of drug-likeness (QED) is 0.740. The minimum absolute atomic E-state index is 0.0301. The zero-order valence-corrected chi connectivity index (χ0v) is 9.75. The smallest absolute Gasteiger partial charge is 0.240 e. The molecule has 3 N–H and O–H groups in total. The molecular weight excluding hydrogens is 188 g/mol. The van der Waals surface area contributed by atoms with Gasteiger partial charge in [0, 0.05) is 6.04 Å². The highest BCUT2D eigenvalue weighted by Gasteiger charge is 2.41. The largest absolute Gasteiger partial charge is 0.351 e. The summed E-state index contributed by atoms with van der Waals surface area (Å²) in [6.45, 7) is 3.77. The van der Waals surface area contributed by atoms with Gasteiger partial charge in [0.25, 0.3) is 0 Å². The van der Waals surface area contributed by atoms with Gasteiger partial charge in [-0.1, -0.05) is 13.3 Å². The van der Waals surface area contributed by atoms with E-state index in [0.29, 0.717) is 12.5 Å². The second-order valence-corrected chi connectivity index (χ2v) is 5.53. The lowest BCUT2D eigenvalue weighted by atomic mass is 9.93. The van der Waals surface area contributed by atoms with Crippen LogP contribution in [0.4, 0.5) is 0 Å². The molecule has 3 nitrogen and oxygen atoms in total. The average Bonchev–Trinajstić information content (AvgIpc) is 2.79. The second kappa shape index (κ2) is 3.78. The van der Waals surface area contributed by atoms with Gasteiger partial charge in [-0.25, -0.2) is 0 Å². The van der Waals surface area contributed by atoms with Crippen LogP contribution in [0, 0.1) is 11.8 Å². The Hall–Kier alpha value is -0.570. The highest BCUT2D eigenvalue weighted by atomic mass is 16.2. The Balaban J connectivity index is 1.90. The Bertz CT molecular complexity index is 262. The van der Waals surface area contributed by atoms with Crippen LogP contribution in [0.15, 0.2) is 0 Å². The summed E-state index contributed by atoms with van der Waals surface area (Å²) >= 11 is 0. The van der Waals surface area contributed by atoms with Crippen molar-refractivity contribution in [1.29, 1.82) is 0 Å². The summed E-state index contributed by atoms with van der Waals surface area (Å²) < 4.78 is 0. The number of hydrogen-bond donors (Lipinski definition) is 2. The first kappa shape index (κ1) is 10.9. The summed E-state index contributed by atoms with van der Waals surface area (Å²) in [4.78, 5) is 11.9. The predicted molar refractivity (Wildman–Crippen MR) is 60.3 cm³/mol. The molecular formula is C12H22N2O. The Labute approximate surface area is 91.8 Å². The summed E-state index contributed by atoms with van der Waals surface area (Å²) in [5.41, 5.74) is 5.23. The molecule has 1 amide bonds. The third kappa shape index (κ3) is 2.03. The first-order valence-corrected chi connectivity index (χ1v) is 6.12. The lowest BCUT2D eigenvalue weighted by molar-refractivity contribution is -0.127. The van der Waals surface area contributed by atoms with Gasteiger partial charge < -0.3 is 11.1 Å². The molecule has 0 radical (unpaired) electrons. The fraction of sp³-hybridized carbons (Fsp3) is 0.917. The molecule has 0 aliphatic heterocycles. The normalized spacial score (nSPS) is 37.7. The van der Waals surface area contributed by atoms with E-state index in [1.807, 2.05) is 13.8 Å². The molecule has 2 saturated carbocycles. The van der Waals surface area contributed by atoms with E-state index in [0.717, 1.165) is 11.8 Å². The lowest BCUT2D eigenvalue weighted by Gasteiger charge is -2.28. The Kier molecular flexibility index (Phi) is 2.75. The van der Waals surface area contributed by atoms with Gasteiger partial charge in [0.2, 0.25) is 5.91 Å². The molecule has 2 aliphatic carbocycles. The number of nitrogens with two attached hydrogens (primary N) is 1. The van der Waals surface area contributed by atoms with Crippen molar-refractivity contribution in [3.05, 3.63) is 0 Å². The molecule has 86 valence electrons. The van der Waals surface area contributed by atoms with Gasteiger partial charge in [-0.05, 0) is 44.4 Å². The third-order valence-electron chi connectivity index (χ3n) is 4.31. The highest BCUT2D eigenvalue weighted by Crippen LogP contribution is 2.44. The van der Waals surface area contributed by atoms with Crippen molar-refractivity contribution in [1.82, 2.24) is 5.32 Å². The van der Waals surface area contributed by atoms with E-state index in [4.69, 9.17) is 5.73 Å². The highest BCUT2D eigenvalue weighted by molar-refractivity contribution is 5.85. The van der Waals surface area contributed by atoms with Crippen LogP contribution in [0.1, 0.15) is 46.0 Å². The van der Waals surface area contributed by atoms with E-state index in [-0.39, 0.29) is 5.91 Å². The minimum Gasteiger partial charge on any atom is -0.351 e. The molecule has 0 spiro atoms. The van der Waals surface area contributed by atoms with Gasteiger partial charge in [-0.15, -0.1) is 0 Å². The summed E-state index contributed by atoms with van der Waals surface area (Å²) in [5, 5.41) is 3.14. The molecule has 0 aromatic heterocycles. The van der Waals surface area contributed by atoms with Crippen molar-refractivity contribution < 1.29 is 4.79 Å². The van der Waals surface area contributed by atoms with E-state index >= 15 is 0 Å². The van der Waals surface area contributed by atoms with Gasteiger partial charge in [-0.3, -0.25) is 4.79 Å². The number of fused-ring (bicyclic) bond motifs is 2. The van der Waals surface area contributed by atoms with Crippen molar-refractivity contribution in [2.45, 2.75) is 57.5 Å². The van der Waals surface area contributed by atoms with Gasteiger partial charge in [-0.2, -0.15) is 0 Å². The summed E-state index contributed by atoms with van der Waals surface area (Å²) in [5.74, 6) is 1.63. The lowest BCUT2D eigenvalue weighted by Crippen LogP contribution is -2.54. The number of carbonyl (C=O) groups is 1. The molecule has 3 heteroatoms. The van der Waals surface area contributed by atoms with Crippen LogP contribution in [0.2, 0.25) is 0 Å². The second-order valence-electron chi connectivity index (χ2n) is 5.53. The van der Waals surface area contributed by atoms with E-state index in [1.165, 1.54) is 25.7 Å². The molecule has 0 saturated heterocycles. The summed E-state index contributed by atoms with van der Waals surface area (Å²) in [7, 11) is 0. The van der Waals surface area contributed by atoms with Crippen LogP contribution in [0.3, 0.4) is 0 Å². The van der Waals surface area contributed by atoms with Crippen LogP contribution in [0.5, 0.6) is 0 Å². The molecule has 2 bridgehead atoms. The molecule has 2 fully saturated rings. The first-order valence-electron chi connectivity index (χ1n) is 6.12. The van der Waals surface area contributed by atoms with Crippen molar-refractivity contribution in [2.24, 2.45) is 17.6 Å². The SMILES string of the molecule is CCC(C)(N)C(=O)NC1CC2CCC1C2. The minimum atomic E-state index is -0.693. The van der Waals surface area contributed by atoms with Gasteiger partial charge in [0.05, 0.1) is 5.54 Å². The maximum Gasteiger partial charge on any atom is 0.240 e. The standard InChI is InChI=1S/C12H22N2O/c1-3-12(2,13)11(15)14-10-7-8-4-5-9(10)6-8/h8-10H,3-7,13H2,1-2H3,(H,14,15). The van der Waals surface area contributed by atoms with E-state index in [1.54, 1.807) is 0 Å². The van der Waals surface area contributed by atoms with Gasteiger partial charge in [0.15, 0.2) is 0 Å². The van der Waals surface area contributed by atoms with Crippen molar-refractivity contribution in [3.8, 4) is 0 Å². The number of nitrogens with one attached hydrogen (secondary N) is 1. The predicted octanol–water partition coefficient (Wildman–Crippen LogP) is 1.42. The van der Waals surface area contributed by atoms with Crippen LogP contribution >= 0.6 is 0 Å². The molecule has 4 atom stereocenters. The average molecular weight is 210 g/mol. The molecule has 0 aromatic rings. The number of amides is 1. The fourth-order valence-corrected chi connectivity index (χ4v) is 2.92. The zero-order valence-electron chi connectivity index (χ0n) is 9.75. The Morgan fingerprint density at radius 1 is 1.47 bits per heavy atom. The van der Waals surface area contributed by atoms with Crippen molar-refractivity contribution in [3.63, 3.8) is 0 Å². The summed E-state index contributed by atoms with van der Waals surface area (Å²) in [6, 6.07) is 0.408. The number of carbonyl (C=O) groups excluding carboxylic acids is 1. The molecule has 0 aromatic carbocycles. The number of hydrogen-bond acceptors (Lipinski definition) is 2. The van der Waals surface area contributed by atoms with Crippen LogP contribution < -0.4 is 11.1 Å². The molecule has 15 heavy (non-hydrogen) atoms. The molecule has 2 aliphatic rings. The van der Waals surface area contributed by atoms with Gasteiger partial charge in [0.1, 0.15) is 0 Å². The fourth-order valence-electron chi connectivity index (χ4n) is 2.92. The Morgan fingerprint density at radius 3 is 2.67 bits per heavy atom. The number of rotatable bonds is 3. The summed E-state index contributed by atoms with van der Waals surface area (Å²) in [6.07, 6.45) is 5.85. The maximum atomic E-state index is 11.9. The topological polar surface area (TPSA) is 55.1 Å². The van der Waals surface area contributed by atoms with E-state index in [2.05, 4.69) is 5.32 Å². The first-order chi connectivity index (χ1) is 7.03. The molecule has 4 unspecified atom stereocenters.